The minimum Gasteiger partial charge on any atom is -0.360 e. The van der Waals surface area contributed by atoms with Crippen LogP contribution in [0.15, 0.2) is 34.9 Å². The van der Waals surface area contributed by atoms with Crippen LogP contribution >= 0.6 is 28.1 Å². The molecule has 0 aliphatic heterocycles. The van der Waals surface area contributed by atoms with E-state index in [4.69, 9.17) is 12.2 Å². The second-order valence-electron chi connectivity index (χ2n) is 2.51. The zero-order valence-electron chi connectivity index (χ0n) is 6.17. The summed E-state index contributed by atoms with van der Waals surface area (Å²) in [4.78, 5) is 3.15. The maximum Gasteiger partial charge on any atom is 0.0627 e. The Morgan fingerprint density at radius 1 is 1.25 bits per heavy atom. The Morgan fingerprint density at radius 3 is 2.83 bits per heavy atom. The first kappa shape index (κ1) is 7.95. The number of aromatic nitrogens is 1. The molecule has 2 aromatic rings. The van der Waals surface area contributed by atoms with Crippen molar-refractivity contribution in [3.05, 3.63) is 39.4 Å². The first-order valence-corrected chi connectivity index (χ1v) is 4.75. The van der Waals surface area contributed by atoms with Crippen molar-refractivity contribution >= 4 is 39.1 Å². The van der Waals surface area contributed by atoms with Crippen molar-refractivity contribution < 1.29 is 0 Å². The Bertz CT molecular complexity index is 475. The van der Waals surface area contributed by atoms with Gasteiger partial charge in [-0.3, -0.25) is 0 Å². The number of halogens is 1. The second-order valence-corrected chi connectivity index (χ2v) is 3.77. The van der Waals surface area contributed by atoms with E-state index >= 15 is 0 Å². The number of benzene rings is 1. The van der Waals surface area contributed by atoms with Crippen molar-refractivity contribution in [3.63, 3.8) is 0 Å². The molecule has 0 fully saturated rings. The number of aromatic amines is 1. The molecule has 1 aromatic heterocycles. The monoisotopic (exact) mass is 239 g/mol. The van der Waals surface area contributed by atoms with Crippen molar-refractivity contribution in [2.24, 2.45) is 0 Å². The molecule has 1 heterocycles. The number of hydrogen-bond donors (Lipinski definition) is 1. The predicted octanol–water partition coefficient (Wildman–Crippen LogP) is 3.66. The summed E-state index contributed by atoms with van der Waals surface area (Å²) in [5.74, 6) is 0. The van der Waals surface area contributed by atoms with Gasteiger partial charge in [0.1, 0.15) is 0 Å². The Morgan fingerprint density at radius 2 is 2.00 bits per heavy atom. The molecule has 0 saturated carbocycles. The molecule has 3 heteroatoms. The lowest BCUT2D eigenvalue weighted by atomic mass is 10.2. The van der Waals surface area contributed by atoms with E-state index in [2.05, 4.69) is 20.9 Å². The highest BCUT2D eigenvalue weighted by Gasteiger charge is 1.96. The SMILES string of the molecule is S=c1c(Br)c[nH]c2ccccc12. The fourth-order valence-corrected chi connectivity index (χ4v) is 1.71. The van der Waals surface area contributed by atoms with Gasteiger partial charge in [-0.25, -0.2) is 0 Å². The number of fused-ring (bicyclic) bond motifs is 1. The Balaban J connectivity index is 3.01. The highest BCUT2D eigenvalue weighted by atomic mass is 79.9. The second kappa shape index (κ2) is 2.99. The number of para-hydroxylation sites is 1. The van der Waals surface area contributed by atoms with Crippen molar-refractivity contribution in [2.75, 3.05) is 0 Å². The van der Waals surface area contributed by atoms with E-state index in [1.807, 2.05) is 30.5 Å². The summed E-state index contributed by atoms with van der Waals surface area (Å²) in [5, 5.41) is 1.09. The first-order chi connectivity index (χ1) is 5.79. The zero-order valence-corrected chi connectivity index (χ0v) is 8.58. The van der Waals surface area contributed by atoms with Crippen LogP contribution in [-0.4, -0.2) is 4.98 Å². The Labute approximate surface area is 83.6 Å². The molecule has 0 aliphatic carbocycles. The van der Waals surface area contributed by atoms with Crippen LogP contribution in [0.3, 0.4) is 0 Å². The van der Waals surface area contributed by atoms with Crippen molar-refractivity contribution in [1.82, 2.24) is 4.98 Å². The van der Waals surface area contributed by atoms with Crippen molar-refractivity contribution in [2.45, 2.75) is 0 Å². The third-order valence-electron chi connectivity index (χ3n) is 1.74. The molecule has 0 amide bonds. The van der Waals surface area contributed by atoms with Crippen LogP contribution in [0.4, 0.5) is 0 Å². The summed E-state index contributed by atoms with van der Waals surface area (Å²) >= 11 is 8.61. The zero-order chi connectivity index (χ0) is 8.55. The summed E-state index contributed by atoms with van der Waals surface area (Å²) < 4.78 is 1.81. The third kappa shape index (κ3) is 1.19. The predicted molar refractivity (Wildman–Crippen MR) is 56.8 cm³/mol. The lowest BCUT2D eigenvalue weighted by Gasteiger charge is -1.98. The molecule has 2 rings (SSSR count). The van der Waals surface area contributed by atoms with Gasteiger partial charge in [0.05, 0.1) is 8.98 Å². The molecular weight excluding hydrogens is 234 g/mol. The number of H-pyrrole nitrogens is 1. The molecule has 0 radical (unpaired) electrons. The fraction of sp³-hybridized carbons (Fsp3) is 0. The summed E-state index contributed by atoms with van der Waals surface area (Å²) in [6.45, 7) is 0. The van der Waals surface area contributed by atoms with E-state index in [0.29, 0.717) is 0 Å². The van der Waals surface area contributed by atoms with Crippen LogP contribution in [0.5, 0.6) is 0 Å². The maximum absolute atomic E-state index is 5.23. The van der Waals surface area contributed by atoms with Crippen molar-refractivity contribution in [3.8, 4) is 0 Å². The molecule has 0 aliphatic rings. The summed E-state index contributed by atoms with van der Waals surface area (Å²) in [6, 6.07) is 8.00. The quantitative estimate of drug-likeness (QED) is 0.695. The van der Waals surface area contributed by atoms with Crippen LogP contribution in [-0.2, 0) is 0 Å². The van der Waals surface area contributed by atoms with Crippen molar-refractivity contribution in [1.29, 1.82) is 0 Å². The van der Waals surface area contributed by atoms with Gasteiger partial charge in [-0.1, -0.05) is 30.4 Å². The standard InChI is InChI=1S/C9H6BrNS/c10-7-5-11-8-4-2-1-3-6(8)9(7)12/h1-5H,(H,11,12). The Hall–Kier alpha value is -0.670. The maximum atomic E-state index is 5.23. The topological polar surface area (TPSA) is 15.8 Å². The van der Waals surface area contributed by atoms with Crippen LogP contribution in [0.2, 0.25) is 0 Å². The lowest BCUT2D eigenvalue weighted by Crippen LogP contribution is -1.79. The molecule has 60 valence electrons. The smallest absolute Gasteiger partial charge is 0.0627 e. The van der Waals surface area contributed by atoms with E-state index < -0.39 is 0 Å². The normalized spacial score (nSPS) is 10.4. The van der Waals surface area contributed by atoms with E-state index in [1.165, 1.54) is 0 Å². The van der Waals surface area contributed by atoms with Gasteiger partial charge in [0.2, 0.25) is 0 Å². The first-order valence-electron chi connectivity index (χ1n) is 3.55. The molecule has 1 N–H and O–H groups in total. The molecule has 1 nitrogen and oxygen atoms in total. The van der Waals surface area contributed by atoms with Gasteiger partial charge < -0.3 is 4.98 Å². The van der Waals surface area contributed by atoms with Gasteiger partial charge in [0.15, 0.2) is 0 Å². The van der Waals surface area contributed by atoms with Gasteiger partial charge in [0.25, 0.3) is 0 Å². The minimum atomic E-state index is 0.865. The number of rotatable bonds is 0. The van der Waals surface area contributed by atoms with E-state index in [-0.39, 0.29) is 0 Å². The molecule has 0 atom stereocenters. The highest BCUT2D eigenvalue weighted by Crippen LogP contribution is 2.19. The van der Waals surface area contributed by atoms with Crippen LogP contribution < -0.4 is 0 Å². The van der Waals surface area contributed by atoms with Gasteiger partial charge in [0, 0.05) is 17.1 Å². The van der Waals surface area contributed by atoms with Gasteiger partial charge in [-0.2, -0.15) is 0 Å². The Kier molecular flexibility index (Phi) is 1.98. The molecule has 0 unspecified atom stereocenters. The van der Waals surface area contributed by atoms with Gasteiger partial charge in [-0.15, -0.1) is 0 Å². The van der Waals surface area contributed by atoms with Crippen LogP contribution in [0.25, 0.3) is 10.9 Å². The number of hydrogen-bond acceptors (Lipinski definition) is 1. The average molecular weight is 240 g/mol. The van der Waals surface area contributed by atoms with E-state index in [1.54, 1.807) is 0 Å². The van der Waals surface area contributed by atoms with Crippen LogP contribution in [0.1, 0.15) is 0 Å². The third-order valence-corrected chi connectivity index (χ3v) is 3.07. The largest absolute Gasteiger partial charge is 0.360 e. The summed E-state index contributed by atoms with van der Waals surface area (Å²) in [7, 11) is 0. The van der Waals surface area contributed by atoms with Gasteiger partial charge >= 0.3 is 0 Å². The summed E-state index contributed by atoms with van der Waals surface area (Å²) in [5.41, 5.74) is 1.07. The summed E-state index contributed by atoms with van der Waals surface area (Å²) in [6.07, 6.45) is 1.87. The van der Waals surface area contributed by atoms with E-state index in [0.717, 1.165) is 19.9 Å². The molecule has 0 bridgehead atoms. The fourth-order valence-electron chi connectivity index (χ4n) is 1.14. The molecule has 12 heavy (non-hydrogen) atoms. The molecular formula is C9H6BrNS. The molecule has 0 saturated heterocycles. The van der Waals surface area contributed by atoms with Crippen LogP contribution in [0, 0.1) is 4.51 Å². The van der Waals surface area contributed by atoms with E-state index in [9.17, 15) is 0 Å². The number of nitrogens with one attached hydrogen (secondary N) is 1. The highest BCUT2D eigenvalue weighted by molar-refractivity contribution is 9.10. The average Bonchev–Trinajstić information content (AvgIpc) is 2.12. The molecule has 0 spiro atoms. The molecule has 1 aromatic carbocycles. The lowest BCUT2D eigenvalue weighted by molar-refractivity contribution is 1.38. The number of pyridine rings is 1. The van der Waals surface area contributed by atoms with Gasteiger partial charge in [-0.05, 0) is 22.0 Å². The minimum absolute atomic E-state index is 0.865.